The maximum atomic E-state index is 9.55. The van der Waals surface area contributed by atoms with E-state index in [2.05, 4.69) is 41.2 Å². The number of carboxylic acids is 4. The molecule has 0 radical (unpaired) electrons. The Morgan fingerprint density at radius 2 is 1.41 bits per heavy atom. The minimum absolute atomic E-state index is 0.554. The molecular formula is C25H33N3O9. The monoisotopic (exact) mass is 519 g/mol. The standard InChI is InChI=1S/C17H25N3O.2C4H4O4/c1-19(2)10-5-11-20-12-8-14(9-13-20)17-15-6-3-4-7-16(15)21-18-17;2*5-3(6)1-2-4(7)8/h3-4,6-7,14H,5,8-13H2,1-2H3;2*1-2H,(H,5,6)(H,7,8)/b;2*2-1+. The molecule has 0 bridgehead atoms. The second-order valence-electron chi connectivity index (χ2n) is 8.36. The molecule has 0 amide bonds. The molecule has 1 aliphatic rings. The molecule has 2 heterocycles. The molecule has 37 heavy (non-hydrogen) atoms. The number of hydrogen-bond acceptors (Lipinski definition) is 8. The highest BCUT2D eigenvalue weighted by atomic mass is 16.5. The number of aliphatic carboxylic acids is 4. The largest absolute Gasteiger partial charge is 0.478 e. The van der Waals surface area contributed by atoms with Gasteiger partial charge < -0.3 is 34.7 Å². The lowest BCUT2D eigenvalue weighted by Crippen LogP contribution is -2.34. The van der Waals surface area contributed by atoms with Gasteiger partial charge in [-0.2, -0.15) is 0 Å². The molecule has 12 heteroatoms. The zero-order valence-corrected chi connectivity index (χ0v) is 20.8. The molecular weight excluding hydrogens is 486 g/mol. The molecule has 0 aliphatic carbocycles. The Kier molecular flexibility index (Phi) is 13.9. The van der Waals surface area contributed by atoms with Crippen molar-refractivity contribution >= 4 is 34.8 Å². The summed E-state index contributed by atoms with van der Waals surface area (Å²) in [5.74, 6) is -4.47. The fourth-order valence-corrected chi connectivity index (χ4v) is 3.53. The predicted octanol–water partition coefficient (Wildman–Crippen LogP) is 2.38. The highest BCUT2D eigenvalue weighted by Crippen LogP contribution is 2.32. The summed E-state index contributed by atoms with van der Waals surface area (Å²) in [6, 6.07) is 8.21. The van der Waals surface area contributed by atoms with Gasteiger partial charge in [-0.1, -0.05) is 17.3 Å². The topological polar surface area (TPSA) is 182 Å². The number of carbonyl (C=O) groups is 4. The fourth-order valence-electron chi connectivity index (χ4n) is 3.53. The third-order valence-corrected chi connectivity index (χ3v) is 5.20. The average molecular weight is 520 g/mol. The first-order chi connectivity index (χ1) is 17.5. The minimum atomic E-state index is -1.26. The van der Waals surface area contributed by atoms with Crippen LogP contribution < -0.4 is 0 Å². The van der Waals surface area contributed by atoms with Crippen molar-refractivity contribution < 1.29 is 44.1 Å². The summed E-state index contributed by atoms with van der Waals surface area (Å²) in [7, 11) is 4.28. The summed E-state index contributed by atoms with van der Waals surface area (Å²) in [6.45, 7) is 4.75. The van der Waals surface area contributed by atoms with Crippen LogP contribution in [-0.4, -0.2) is 99.5 Å². The van der Waals surface area contributed by atoms with Crippen LogP contribution in [0.25, 0.3) is 11.0 Å². The van der Waals surface area contributed by atoms with Crippen LogP contribution >= 0.6 is 0 Å². The van der Waals surface area contributed by atoms with E-state index in [-0.39, 0.29) is 0 Å². The van der Waals surface area contributed by atoms with Gasteiger partial charge in [0.25, 0.3) is 0 Å². The number of para-hydroxylation sites is 1. The number of rotatable bonds is 9. The summed E-state index contributed by atoms with van der Waals surface area (Å²) in [5.41, 5.74) is 2.08. The van der Waals surface area contributed by atoms with Gasteiger partial charge in [0.15, 0.2) is 5.58 Å². The van der Waals surface area contributed by atoms with Gasteiger partial charge in [0.1, 0.15) is 0 Å². The Bertz CT molecular complexity index is 1020. The summed E-state index contributed by atoms with van der Waals surface area (Å²) < 4.78 is 5.45. The molecule has 3 rings (SSSR count). The van der Waals surface area contributed by atoms with Gasteiger partial charge >= 0.3 is 23.9 Å². The summed E-state index contributed by atoms with van der Waals surface area (Å²) >= 11 is 0. The zero-order valence-electron chi connectivity index (χ0n) is 20.8. The lowest BCUT2D eigenvalue weighted by molar-refractivity contribution is -0.134. The van der Waals surface area contributed by atoms with Gasteiger partial charge in [0.05, 0.1) is 5.69 Å². The lowest BCUT2D eigenvalue weighted by atomic mass is 9.91. The van der Waals surface area contributed by atoms with Crippen LogP contribution in [0.1, 0.15) is 30.9 Å². The van der Waals surface area contributed by atoms with Gasteiger partial charge in [0.2, 0.25) is 0 Å². The average Bonchev–Trinajstić information content (AvgIpc) is 3.27. The Morgan fingerprint density at radius 3 is 1.86 bits per heavy atom. The van der Waals surface area contributed by atoms with Crippen molar-refractivity contribution in [2.45, 2.75) is 25.2 Å². The van der Waals surface area contributed by atoms with Gasteiger partial charge in [-0.3, -0.25) is 0 Å². The third-order valence-electron chi connectivity index (χ3n) is 5.20. The lowest BCUT2D eigenvalue weighted by Gasteiger charge is -2.31. The van der Waals surface area contributed by atoms with Crippen LogP contribution in [0.15, 0.2) is 53.1 Å². The molecule has 4 N–H and O–H groups in total. The van der Waals surface area contributed by atoms with E-state index in [0.717, 1.165) is 5.58 Å². The molecule has 202 valence electrons. The van der Waals surface area contributed by atoms with Crippen molar-refractivity contribution in [2.75, 3.05) is 40.3 Å². The van der Waals surface area contributed by atoms with E-state index >= 15 is 0 Å². The van der Waals surface area contributed by atoms with E-state index in [0.29, 0.717) is 30.2 Å². The maximum absolute atomic E-state index is 9.55. The highest BCUT2D eigenvalue weighted by Gasteiger charge is 2.24. The van der Waals surface area contributed by atoms with E-state index < -0.39 is 23.9 Å². The number of piperidine rings is 1. The van der Waals surface area contributed by atoms with Crippen molar-refractivity contribution in [3.05, 3.63) is 54.3 Å². The molecule has 1 fully saturated rings. The fraction of sp³-hybridized carbons (Fsp3) is 0.400. The second kappa shape index (κ2) is 16.6. The smallest absolute Gasteiger partial charge is 0.328 e. The number of nitrogens with zero attached hydrogens (tertiary/aromatic N) is 3. The molecule has 0 unspecified atom stereocenters. The summed E-state index contributed by atoms with van der Waals surface area (Å²) in [6.07, 6.45) is 5.87. The van der Waals surface area contributed by atoms with Crippen LogP contribution in [0.2, 0.25) is 0 Å². The maximum Gasteiger partial charge on any atom is 0.328 e. The highest BCUT2D eigenvalue weighted by molar-refractivity contribution is 5.90. The molecule has 1 saturated heterocycles. The van der Waals surface area contributed by atoms with Crippen molar-refractivity contribution in [2.24, 2.45) is 0 Å². The van der Waals surface area contributed by atoms with Gasteiger partial charge in [0, 0.05) is 35.6 Å². The first-order valence-electron chi connectivity index (χ1n) is 11.5. The second-order valence-corrected chi connectivity index (χ2v) is 8.36. The normalized spacial score (nSPS) is 14.2. The molecule has 2 aromatic rings. The predicted molar refractivity (Wildman–Crippen MR) is 134 cm³/mol. The Hall–Kier alpha value is -4.03. The molecule has 1 aromatic carbocycles. The molecule has 1 aromatic heterocycles. The van der Waals surface area contributed by atoms with Crippen molar-refractivity contribution in [1.29, 1.82) is 0 Å². The number of fused-ring (bicyclic) bond motifs is 1. The minimum Gasteiger partial charge on any atom is -0.478 e. The number of likely N-dealkylation sites (tertiary alicyclic amines) is 1. The Balaban J connectivity index is 0.000000355. The SMILES string of the molecule is CN(C)CCCN1CCC(c2noc3ccccc23)CC1.O=C(O)/C=C/C(=O)O.O=C(O)/C=C/C(=O)O. The van der Waals surface area contributed by atoms with Crippen LogP contribution in [0.5, 0.6) is 0 Å². The molecule has 0 spiro atoms. The van der Waals surface area contributed by atoms with Crippen molar-refractivity contribution in [1.82, 2.24) is 15.0 Å². The number of benzene rings is 1. The van der Waals surface area contributed by atoms with E-state index in [1.54, 1.807) is 0 Å². The van der Waals surface area contributed by atoms with Crippen molar-refractivity contribution in [3.63, 3.8) is 0 Å². The molecule has 0 atom stereocenters. The van der Waals surface area contributed by atoms with Crippen molar-refractivity contribution in [3.8, 4) is 0 Å². The number of hydrogen-bond donors (Lipinski definition) is 4. The van der Waals surface area contributed by atoms with Gasteiger partial charge in [-0.15, -0.1) is 0 Å². The van der Waals surface area contributed by atoms with E-state index in [1.807, 2.05) is 12.1 Å². The van der Waals surface area contributed by atoms with E-state index in [1.165, 1.54) is 56.5 Å². The van der Waals surface area contributed by atoms with Gasteiger partial charge in [-0.25, -0.2) is 19.2 Å². The Morgan fingerprint density at radius 1 is 0.919 bits per heavy atom. The summed E-state index contributed by atoms with van der Waals surface area (Å²) in [4.78, 5) is 43.1. The van der Waals surface area contributed by atoms with E-state index in [9.17, 15) is 19.2 Å². The third kappa shape index (κ3) is 13.6. The van der Waals surface area contributed by atoms with Crippen LogP contribution in [0.4, 0.5) is 0 Å². The molecule has 12 nitrogen and oxygen atoms in total. The van der Waals surface area contributed by atoms with Crippen LogP contribution in [0, 0.1) is 0 Å². The van der Waals surface area contributed by atoms with Crippen LogP contribution in [-0.2, 0) is 19.2 Å². The molecule has 1 aliphatic heterocycles. The number of carboxylic acid groups (broad SMARTS) is 4. The quantitative estimate of drug-likeness (QED) is 0.356. The molecule has 0 saturated carbocycles. The van der Waals surface area contributed by atoms with Crippen LogP contribution in [0.3, 0.4) is 0 Å². The first-order valence-corrected chi connectivity index (χ1v) is 11.5. The summed E-state index contributed by atoms with van der Waals surface area (Å²) in [5, 5.41) is 36.8. The Labute approximate surface area is 214 Å². The number of aromatic nitrogens is 1. The zero-order chi connectivity index (χ0) is 27.8. The first kappa shape index (κ1) is 31.0. The van der Waals surface area contributed by atoms with E-state index in [4.69, 9.17) is 24.9 Å². The van der Waals surface area contributed by atoms with Gasteiger partial charge in [-0.05, 0) is 71.7 Å².